The third-order valence-electron chi connectivity index (χ3n) is 3.88. The first-order valence-electron chi connectivity index (χ1n) is 8.66. The van der Waals surface area contributed by atoms with E-state index in [1.807, 2.05) is 12.3 Å². The van der Waals surface area contributed by atoms with E-state index >= 15 is 0 Å². The molecule has 0 aliphatic heterocycles. The number of esters is 1. The van der Waals surface area contributed by atoms with Crippen molar-refractivity contribution in [3.05, 3.63) is 47.4 Å². The molecule has 2 amide bonds. The lowest BCUT2D eigenvalue weighted by molar-refractivity contribution is 0.0600. The molecule has 0 saturated carbocycles. The Morgan fingerprint density at radius 2 is 2.00 bits per heavy atom. The summed E-state index contributed by atoms with van der Waals surface area (Å²) in [4.78, 5) is 36.4. The zero-order chi connectivity index (χ0) is 21.7. The highest BCUT2D eigenvalue weighted by molar-refractivity contribution is 7.13. The zero-order valence-corrected chi connectivity index (χ0v) is 16.8. The second-order valence-corrected chi connectivity index (χ2v) is 6.95. The summed E-state index contributed by atoms with van der Waals surface area (Å²) < 4.78 is 29.3. The Kier molecular flexibility index (Phi) is 6.62. The van der Waals surface area contributed by atoms with Crippen LogP contribution in [-0.2, 0) is 4.74 Å². The van der Waals surface area contributed by atoms with Crippen LogP contribution in [0.3, 0.4) is 0 Å². The van der Waals surface area contributed by atoms with Crippen molar-refractivity contribution in [1.29, 1.82) is 0 Å². The van der Waals surface area contributed by atoms with Gasteiger partial charge in [-0.25, -0.2) is 28.3 Å². The lowest BCUT2D eigenvalue weighted by Crippen LogP contribution is -2.32. The van der Waals surface area contributed by atoms with Crippen molar-refractivity contribution >= 4 is 29.2 Å². The van der Waals surface area contributed by atoms with Crippen LogP contribution < -0.4 is 10.6 Å². The van der Waals surface area contributed by atoms with Crippen LogP contribution in [0.1, 0.15) is 16.1 Å². The normalized spacial score (nSPS) is 10.7. The van der Waals surface area contributed by atoms with Gasteiger partial charge in [0, 0.05) is 46.4 Å². The van der Waals surface area contributed by atoms with Crippen molar-refractivity contribution < 1.29 is 23.1 Å². The Labute approximate surface area is 174 Å². The van der Waals surface area contributed by atoms with Crippen LogP contribution in [0.15, 0.2) is 36.1 Å². The number of nitrogens with one attached hydrogen (secondary N) is 2. The second kappa shape index (κ2) is 9.35. The molecule has 2 N–H and O–H groups in total. The molecule has 3 aromatic rings. The van der Waals surface area contributed by atoms with Gasteiger partial charge in [0.1, 0.15) is 10.8 Å². The minimum atomic E-state index is -2.66. The molecule has 0 bridgehead atoms. The van der Waals surface area contributed by atoms with Gasteiger partial charge in [-0.3, -0.25) is 10.3 Å². The zero-order valence-electron chi connectivity index (χ0n) is 16.0. The average molecular weight is 433 g/mol. The molecule has 0 aliphatic rings. The van der Waals surface area contributed by atoms with E-state index in [1.165, 1.54) is 30.8 Å². The first kappa shape index (κ1) is 21.2. The number of aryl methyl sites for hydroxylation is 1. The van der Waals surface area contributed by atoms with Crippen LogP contribution in [0.5, 0.6) is 0 Å². The first-order chi connectivity index (χ1) is 14.4. The first-order valence-corrected chi connectivity index (χ1v) is 9.54. The summed E-state index contributed by atoms with van der Waals surface area (Å²) in [6.07, 6.45) is 1.79. The number of nitrogens with zero attached hydrogens (tertiary/aromatic N) is 3. The highest BCUT2D eigenvalue weighted by atomic mass is 32.1. The van der Waals surface area contributed by atoms with Crippen molar-refractivity contribution in [3.8, 4) is 21.7 Å². The Morgan fingerprint density at radius 1 is 1.20 bits per heavy atom. The summed E-state index contributed by atoms with van der Waals surface area (Å²) in [5.41, 5.74) is 2.94. The summed E-state index contributed by atoms with van der Waals surface area (Å²) in [7, 11) is 1.28. The molecule has 0 aromatic carbocycles. The van der Waals surface area contributed by atoms with Gasteiger partial charge in [-0.2, -0.15) is 0 Å². The topological polar surface area (TPSA) is 106 Å². The van der Waals surface area contributed by atoms with E-state index in [0.717, 1.165) is 5.69 Å². The van der Waals surface area contributed by atoms with E-state index in [-0.39, 0.29) is 11.4 Å². The molecular formula is C19H17F2N5O3S. The molecule has 8 nitrogen and oxygen atoms in total. The molecule has 0 aliphatic carbocycles. The number of carbonyl (C=O) groups excluding carboxylic acids is 2. The summed E-state index contributed by atoms with van der Waals surface area (Å²) >= 11 is 1.39. The maximum absolute atomic E-state index is 12.3. The van der Waals surface area contributed by atoms with E-state index < -0.39 is 25.0 Å². The highest BCUT2D eigenvalue weighted by Gasteiger charge is 2.16. The predicted molar refractivity (Wildman–Crippen MR) is 108 cm³/mol. The minimum Gasteiger partial charge on any atom is -0.465 e. The smallest absolute Gasteiger partial charge is 0.339 e. The number of alkyl halides is 2. The van der Waals surface area contributed by atoms with E-state index in [9.17, 15) is 18.4 Å². The molecule has 3 heterocycles. The number of rotatable bonds is 6. The number of methoxy groups -OCH3 is 1. The lowest BCUT2D eigenvalue weighted by Gasteiger charge is -2.12. The number of thiazole rings is 1. The van der Waals surface area contributed by atoms with Crippen molar-refractivity contribution in [2.75, 3.05) is 19.0 Å². The molecule has 30 heavy (non-hydrogen) atoms. The summed E-state index contributed by atoms with van der Waals surface area (Å²) in [6, 6.07) is 2.40. The maximum Gasteiger partial charge on any atom is 0.339 e. The van der Waals surface area contributed by atoms with Crippen molar-refractivity contribution in [3.63, 3.8) is 0 Å². The van der Waals surface area contributed by atoms with Gasteiger partial charge in [-0.1, -0.05) is 0 Å². The number of ether oxygens (including phenoxy) is 1. The quantitative estimate of drug-likeness (QED) is 0.574. The summed E-state index contributed by atoms with van der Waals surface area (Å²) in [5, 5.41) is 7.00. The predicted octanol–water partition coefficient (Wildman–Crippen LogP) is 3.75. The van der Waals surface area contributed by atoms with E-state index in [4.69, 9.17) is 4.74 Å². The van der Waals surface area contributed by atoms with Gasteiger partial charge >= 0.3 is 12.0 Å². The lowest BCUT2D eigenvalue weighted by atomic mass is 10.0. The van der Waals surface area contributed by atoms with Gasteiger partial charge < -0.3 is 10.1 Å². The Morgan fingerprint density at radius 3 is 2.67 bits per heavy atom. The standard InChI is InChI=1S/C19H17F2N5O3S/c1-10-9-30-17(25-10)13-4-16(26-19(28)24-8-15(20)21)23-7-14(13)11-3-12(6-22-5-11)18(27)29-2/h3-7,9,15H,8H2,1-2H3,(H2,23,24,26,28). The Bertz CT molecular complexity index is 1070. The minimum absolute atomic E-state index is 0.158. The van der Waals surface area contributed by atoms with E-state index in [2.05, 4.69) is 25.6 Å². The molecule has 11 heteroatoms. The number of urea groups is 1. The number of aromatic nitrogens is 3. The molecule has 0 fully saturated rings. The van der Waals surface area contributed by atoms with Gasteiger partial charge in [-0.15, -0.1) is 11.3 Å². The molecule has 0 atom stereocenters. The van der Waals surface area contributed by atoms with Gasteiger partial charge in [0.05, 0.1) is 19.2 Å². The Balaban J connectivity index is 1.99. The van der Waals surface area contributed by atoms with Crippen LogP contribution in [0.2, 0.25) is 0 Å². The third kappa shape index (κ3) is 5.11. The fourth-order valence-corrected chi connectivity index (χ4v) is 3.38. The van der Waals surface area contributed by atoms with Crippen LogP contribution in [0.4, 0.5) is 19.4 Å². The number of anilines is 1. The number of pyridine rings is 2. The van der Waals surface area contributed by atoms with E-state index in [0.29, 0.717) is 21.7 Å². The maximum atomic E-state index is 12.3. The molecule has 0 radical (unpaired) electrons. The fraction of sp³-hybridized carbons (Fsp3) is 0.211. The van der Waals surface area contributed by atoms with Gasteiger partial charge in [0.2, 0.25) is 0 Å². The van der Waals surface area contributed by atoms with Crippen LogP contribution >= 0.6 is 11.3 Å². The van der Waals surface area contributed by atoms with Gasteiger partial charge in [-0.05, 0) is 19.1 Å². The van der Waals surface area contributed by atoms with Crippen molar-refractivity contribution in [1.82, 2.24) is 20.3 Å². The van der Waals surface area contributed by atoms with Crippen LogP contribution in [-0.4, -0.2) is 47.0 Å². The molecular weight excluding hydrogens is 416 g/mol. The number of hydrogen-bond acceptors (Lipinski definition) is 7. The molecule has 0 unspecified atom stereocenters. The van der Waals surface area contributed by atoms with Crippen LogP contribution in [0.25, 0.3) is 21.7 Å². The van der Waals surface area contributed by atoms with Crippen molar-refractivity contribution in [2.45, 2.75) is 13.3 Å². The average Bonchev–Trinajstić information content (AvgIpc) is 3.18. The SMILES string of the molecule is COC(=O)c1cncc(-c2cnc(NC(=O)NCC(F)F)cc2-c2nc(C)cs2)c1. The Hall–Kier alpha value is -3.47. The van der Waals surface area contributed by atoms with Gasteiger partial charge in [0.15, 0.2) is 0 Å². The monoisotopic (exact) mass is 433 g/mol. The third-order valence-corrected chi connectivity index (χ3v) is 4.88. The fourth-order valence-electron chi connectivity index (χ4n) is 2.56. The molecule has 3 rings (SSSR count). The molecule has 0 spiro atoms. The molecule has 0 saturated heterocycles. The summed E-state index contributed by atoms with van der Waals surface area (Å²) in [6.45, 7) is 1.08. The number of halogens is 2. The van der Waals surface area contributed by atoms with E-state index in [1.54, 1.807) is 18.3 Å². The number of amides is 2. The largest absolute Gasteiger partial charge is 0.465 e. The van der Waals surface area contributed by atoms with Crippen LogP contribution in [0, 0.1) is 6.92 Å². The molecule has 3 aromatic heterocycles. The number of hydrogen-bond donors (Lipinski definition) is 2. The van der Waals surface area contributed by atoms with Crippen molar-refractivity contribution in [2.24, 2.45) is 0 Å². The number of carbonyl (C=O) groups is 2. The van der Waals surface area contributed by atoms with Gasteiger partial charge in [0.25, 0.3) is 6.43 Å². The summed E-state index contributed by atoms with van der Waals surface area (Å²) in [5.74, 6) is -0.372. The second-order valence-electron chi connectivity index (χ2n) is 6.09. The highest BCUT2D eigenvalue weighted by Crippen LogP contribution is 2.35. The molecule has 156 valence electrons.